The number of methoxy groups -OCH3 is 1. The van der Waals surface area contributed by atoms with Gasteiger partial charge in [-0.25, -0.2) is 9.18 Å². The molecule has 0 spiro atoms. The first-order chi connectivity index (χ1) is 10.9. The second-order valence-electron chi connectivity index (χ2n) is 5.60. The van der Waals surface area contributed by atoms with Crippen LogP contribution >= 0.6 is 11.3 Å². The summed E-state index contributed by atoms with van der Waals surface area (Å²) in [7, 11) is 1.50. The highest BCUT2D eigenvalue weighted by Crippen LogP contribution is 2.34. The van der Waals surface area contributed by atoms with Gasteiger partial charge in [-0.1, -0.05) is 6.07 Å². The molecule has 2 unspecified atom stereocenters. The molecule has 1 saturated heterocycles. The molecule has 3 rings (SSSR count). The van der Waals surface area contributed by atoms with Crippen molar-refractivity contribution in [1.29, 1.82) is 0 Å². The van der Waals surface area contributed by atoms with Crippen LogP contribution in [0.1, 0.15) is 21.7 Å². The number of carboxylic acids is 1. The first-order valence-corrected chi connectivity index (χ1v) is 7.99. The summed E-state index contributed by atoms with van der Waals surface area (Å²) in [5, 5.41) is 10.2. The Balaban J connectivity index is 1.99. The van der Waals surface area contributed by atoms with Crippen molar-refractivity contribution in [3.05, 3.63) is 34.5 Å². The average molecular weight is 337 g/mol. The molecule has 1 aromatic heterocycles. The van der Waals surface area contributed by atoms with E-state index in [4.69, 9.17) is 4.74 Å². The van der Waals surface area contributed by atoms with Crippen LogP contribution in [0.5, 0.6) is 0 Å². The molecule has 23 heavy (non-hydrogen) atoms. The first-order valence-electron chi connectivity index (χ1n) is 7.17. The summed E-state index contributed by atoms with van der Waals surface area (Å²) in [5.41, 5.74) is 0.750. The van der Waals surface area contributed by atoms with E-state index in [-0.39, 0.29) is 30.8 Å². The number of thiophene rings is 1. The van der Waals surface area contributed by atoms with E-state index in [1.165, 1.54) is 35.5 Å². The topological polar surface area (TPSA) is 66.8 Å². The molecule has 2 aromatic rings. The Bertz CT molecular complexity index is 788. The number of carbonyl (C=O) groups excluding carboxylic acids is 1. The van der Waals surface area contributed by atoms with Crippen molar-refractivity contribution in [2.45, 2.75) is 25.5 Å². The van der Waals surface area contributed by atoms with Gasteiger partial charge in [0.2, 0.25) is 0 Å². The monoisotopic (exact) mass is 337 g/mol. The van der Waals surface area contributed by atoms with Gasteiger partial charge in [-0.05, 0) is 30.0 Å². The number of rotatable bonds is 3. The number of nitrogens with zero attached hydrogens (tertiary/aromatic N) is 1. The third-order valence-corrected chi connectivity index (χ3v) is 5.48. The summed E-state index contributed by atoms with van der Waals surface area (Å²) in [6, 6.07) is 3.49. The molecule has 0 radical (unpaired) electrons. The molecule has 1 aliphatic rings. The minimum absolute atomic E-state index is 0.244. The number of likely N-dealkylation sites (tertiary alicyclic amines) is 1. The second-order valence-corrected chi connectivity index (χ2v) is 6.65. The van der Waals surface area contributed by atoms with Gasteiger partial charge in [-0.15, -0.1) is 11.3 Å². The normalized spacial score (nSPS) is 21.1. The van der Waals surface area contributed by atoms with Crippen LogP contribution in [-0.2, 0) is 9.53 Å². The van der Waals surface area contributed by atoms with Gasteiger partial charge in [0.25, 0.3) is 5.91 Å². The zero-order valence-corrected chi connectivity index (χ0v) is 13.5. The van der Waals surface area contributed by atoms with Crippen molar-refractivity contribution in [1.82, 2.24) is 4.90 Å². The molecule has 1 N–H and O–H groups in total. The minimum atomic E-state index is -1.04. The highest BCUT2D eigenvalue weighted by molar-refractivity contribution is 7.21. The van der Waals surface area contributed by atoms with Crippen LogP contribution in [0.3, 0.4) is 0 Å². The molecule has 1 amide bonds. The van der Waals surface area contributed by atoms with Crippen LogP contribution in [0, 0.1) is 12.7 Å². The van der Waals surface area contributed by atoms with Crippen LogP contribution < -0.4 is 0 Å². The lowest BCUT2D eigenvalue weighted by atomic mass is 10.1. The fraction of sp³-hybridized carbons (Fsp3) is 0.375. The van der Waals surface area contributed by atoms with Crippen LogP contribution in [0.15, 0.2) is 18.2 Å². The zero-order chi connectivity index (χ0) is 16.7. The summed E-state index contributed by atoms with van der Waals surface area (Å²) < 4.78 is 19.3. The lowest BCUT2D eigenvalue weighted by molar-refractivity contribution is -0.141. The number of ether oxygens (including phenoxy) is 1. The largest absolute Gasteiger partial charge is 0.480 e. The molecular formula is C16H16FNO4S. The standard InChI is InChI=1S/C16H16FNO4S/c1-8-11-4-3-9(17)5-13(11)23-14(8)15(19)18-7-10(22-2)6-12(18)16(20)21/h3-5,10,12H,6-7H2,1-2H3,(H,20,21). The SMILES string of the molecule is COC1CC(C(=O)O)N(C(=O)c2sc3cc(F)ccc3c2C)C1. The van der Waals surface area contributed by atoms with Crippen molar-refractivity contribution in [3.8, 4) is 0 Å². The van der Waals surface area contributed by atoms with Crippen molar-refractivity contribution in [2.75, 3.05) is 13.7 Å². The molecule has 122 valence electrons. The van der Waals surface area contributed by atoms with E-state index in [2.05, 4.69) is 0 Å². The van der Waals surface area contributed by atoms with E-state index < -0.39 is 12.0 Å². The smallest absolute Gasteiger partial charge is 0.326 e. The third kappa shape index (κ3) is 2.70. The number of amides is 1. The number of halogens is 1. The Hall–Kier alpha value is -1.99. The van der Waals surface area contributed by atoms with Gasteiger partial charge in [0.15, 0.2) is 0 Å². The van der Waals surface area contributed by atoms with Gasteiger partial charge in [0, 0.05) is 24.8 Å². The Kier molecular flexibility index (Phi) is 4.08. The predicted molar refractivity (Wildman–Crippen MR) is 84.4 cm³/mol. The Morgan fingerprint density at radius 1 is 1.43 bits per heavy atom. The molecule has 2 heterocycles. The lowest BCUT2D eigenvalue weighted by Gasteiger charge is -2.20. The van der Waals surface area contributed by atoms with Crippen LogP contribution in [0.4, 0.5) is 4.39 Å². The van der Waals surface area contributed by atoms with Crippen LogP contribution in [0.2, 0.25) is 0 Å². The third-order valence-electron chi connectivity index (χ3n) is 4.24. The van der Waals surface area contributed by atoms with E-state index in [1.54, 1.807) is 13.0 Å². The van der Waals surface area contributed by atoms with Crippen molar-refractivity contribution >= 4 is 33.3 Å². The molecular weight excluding hydrogens is 321 g/mol. The molecule has 0 saturated carbocycles. The molecule has 5 nitrogen and oxygen atoms in total. The zero-order valence-electron chi connectivity index (χ0n) is 12.7. The van der Waals surface area contributed by atoms with Gasteiger partial charge in [-0.3, -0.25) is 4.79 Å². The van der Waals surface area contributed by atoms with Gasteiger partial charge < -0.3 is 14.7 Å². The number of aryl methyl sites for hydroxylation is 1. The molecule has 1 aromatic carbocycles. The Labute approximate surface area is 136 Å². The number of carbonyl (C=O) groups is 2. The Morgan fingerprint density at radius 2 is 2.17 bits per heavy atom. The van der Waals surface area contributed by atoms with Gasteiger partial charge in [0.1, 0.15) is 11.9 Å². The van der Waals surface area contributed by atoms with Crippen molar-refractivity contribution in [3.63, 3.8) is 0 Å². The average Bonchev–Trinajstić information content (AvgIpc) is 3.08. The number of hydrogen-bond donors (Lipinski definition) is 1. The van der Waals surface area contributed by atoms with Crippen LogP contribution in [0.25, 0.3) is 10.1 Å². The molecule has 1 aliphatic heterocycles. The highest BCUT2D eigenvalue weighted by Gasteiger charge is 2.41. The van der Waals surface area contributed by atoms with Gasteiger partial charge in [0.05, 0.1) is 11.0 Å². The van der Waals surface area contributed by atoms with E-state index >= 15 is 0 Å². The molecule has 2 atom stereocenters. The number of fused-ring (bicyclic) bond motifs is 1. The quantitative estimate of drug-likeness (QED) is 0.935. The van der Waals surface area contributed by atoms with Gasteiger partial charge in [-0.2, -0.15) is 0 Å². The van der Waals surface area contributed by atoms with E-state index in [0.717, 1.165) is 10.9 Å². The summed E-state index contributed by atoms with van der Waals surface area (Å²) in [6.45, 7) is 2.04. The summed E-state index contributed by atoms with van der Waals surface area (Å²) in [6.07, 6.45) is -0.0111. The maximum atomic E-state index is 13.4. The van der Waals surface area contributed by atoms with E-state index in [0.29, 0.717) is 9.58 Å². The molecule has 1 fully saturated rings. The predicted octanol–water partition coefficient (Wildman–Crippen LogP) is 2.66. The highest BCUT2D eigenvalue weighted by atomic mass is 32.1. The lowest BCUT2D eigenvalue weighted by Crippen LogP contribution is -2.40. The maximum absolute atomic E-state index is 13.4. The fourth-order valence-electron chi connectivity index (χ4n) is 2.96. The van der Waals surface area contributed by atoms with Crippen LogP contribution in [-0.4, -0.2) is 47.7 Å². The molecule has 7 heteroatoms. The number of aliphatic carboxylic acids is 1. The summed E-state index contributed by atoms with van der Waals surface area (Å²) >= 11 is 1.19. The van der Waals surface area contributed by atoms with E-state index in [9.17, 15) is 19.1 Å². The number of carboxylic acid groups (broad SMARTS) is 1. The van der Waals surface area contributed by atoms with Crippen molar-refractivity contribution < 1.29 is 23.8 Å². The molecule has 0 aliphatic carbocycles. The Morgan fingerprint density at radius 3 is 2.83 bits per heavy atom. The second kappa shape index (κ2) is 5.90. The first kappa shape index (κ1) is 15.9. The van der Waals surface area contributed by atoms with E-state index in [1.807, 2.05) is 0 Å². The fourth-order valence-corrected chi connectivity index (χ4v) is 4.15. The number of hydrogen-bond acceptors (Lipinski definition) is 4. The minimum Gasteiger partial charge on any atom is -0.480 e. The molecule has 0 bridgehead atoms. The van der Waals surface area contributed by atoms with Crippen molar-refractivity contribution in [2.24, 2.45) is 0 Å². The number of benzene rings is 1. The summed E-state index contributed by atoms with van der Waals surface area (Å²) in [5.74, 6) is -1.74. The summed E-state index contributed by atoms with van der Waals surface area (Å²) in [4.78, 5) is 26.0. The van der Waals surface area contributed by atoms with Gasteiger partial charge >= 0.3 is 5.97 Å². The maximum Gasteiger partial charge on any atom is 0.326 e.